The van der Waals surface area contributed by atoms with Crippen molar-refractivity contribution in [3.63, 3.8) is 0 Å². The third-order valence-electron chi connectivity index (χ3n) is 3.74. The molecule has 0 amide bonds. The summed E-state index contributed by atoms with van der Waals surface area (Å²) >= 11 is 0. The van der Waals surface area contributed by atoms with Gasteiger partial charge in [-0.05, 0) is 12.1 Å². The molecule has 2 heterocycles. The summed E-state index contributed by atoms with van der Waals surface area (Å²) in [7, 11) is 2.57. The highest BCUT2D eigenvalue weighted by molar-refractivity contribution is 7.85. The first-order valence-electron chi connectivity index (χ1n) is 6.83. The van der Waals surface area contributed by atoms with Crippen LogP contribution in [0.3, 0.4) is 0 Å². The lowest BCUT2D eigenvalue weighted by atomic mass is 10.1. The van der Waals surface area contributed by atoms with E-state index in [0.717, 1.165) is 41.2 Å². The minimum Gasteiger partial charge on any atom is -0.493 e. The van der Waals surface area contributed by atoms with Crippen LogP contribution in [0.25, 0.3) is 10.9 Å². The van der Waals surface area contributed by atoms with E-state index in [1.165, 1.54) is 0 Å². The van der Waals surface area contributed by atoms with Crippen molar-refractivity contribution in [3.05, 3.63) is 24.4 Å². The van der Waals surface area contributed by atoms with Gasteiger partial charge in [0, 0.05) is 58.7 Å². The van der Waals surface area contributed by atoms with Gasteiger partial charge in [-0.1, -0.05) is 0 Å². The van der Waals surface area contributed by atoms with Gasteiger partial charge in [0.05, 0.1) is 19.7 Å². The summed E-state index contributed by atoms with van der Waals surface area (Å²) in [6.07, 6.45) is 1.80. The van der Waals surface area contributed by atoms with Gasteiger partial charge in [-0.25, -0.2) is 0 Å². The van der Waals surface area contributed by atoms with Gasteiger partial charge < -0.3 is 14.4 Å². The van der Waals surface area contributed by atoms with Crippen molar-refractivity contribution >= 4 is 27.4 Å². The molecule has 0 atom stereocenters. The number of benzene rings is 1. The summed E-state index contributed by atoms with van der Waals surface area (Å²) in [5.74, 6) is 2.81. The quantitative estimate of drug-likeness (QED) is 0.866. The van der Waals surface area contributed by atoms with Crippen LogP contribution in [0.15, 0.2) is 24.4 Å². The lowest BCUT2D eigenvalue weighted by molar-refractivity contribution is 0.356. The Morgan fingerprint density at radius 3 is 2.48 bits per heavy atom. The van der Waals surface area contributed by atoms with Crippen LogP contribution < -0.4 is 14.4 Å². The Morgan fingerprint density at radius 1 is 1.14 bits per heavy atom. The Kier molecular flexibility index (Phi) is 3.96. The van der Waals surface area contributed by atoms with Crippen LogP contribution in [0.1, 0.15) is 0 Å². The van der Waals surface area contributed by atoms with E-state index < -0.39 is 10.8 Å². The monoisotopic (exact) mass is 306 g/mol. The first-order chi connectivity index (χ1) is 10.2. The van der Waals surface area contributed by atoms with Gasteiger partial charge in [-0.15, -0.1) is 0 Å². The maximum Gasteiger partial charge on any atom is 0.162 e. The molecule has 112 valence electrons. The van der Waals surface area contributed by atoms with Crippen LogP contribution in [0.5, 0.6) is 11.5 Å². The van der Waals surface area contributed by atoms with Gasteiger partial charge in [0.1, 0.15) is 0 Å². The molecule has 0 aliphatic carbocycles. The van der Waals surface area contributed by atoms with E-state index >= 15 is 0 Å². The van der Waals surface area contributed by atoms with Crippen LogP contribution in [0, 0.1) is 0 Å². The van der Waals surface area contributed by atoms with E-state index in [9.17, 15) is 4.21 Å². The van der Waals surface area contributed by atoms with Crippen LogP contribution in [-0.4, -0.2) is 48.0 Å². The zero-order chi connectivity index (χ0) is 14.8. The summed E-state index contributed by atoms with van der Waals surface area (Å²) in [6, 6.07) is 5.85. The van der Waals surface area contributed by atoms with Crippen LogP contribution in [-0.2, 0) is 10.8 Å². The third-order valence-corrected chi connectivity index (χ3v) is 5.02. The van der Waals surface area contributed by atoms with E-state index in [-0.39, 0.29) is 0 Å². The second-order valence-corrected chi connectivity index (χ2v) is 6.59. The van der Waals surface area contributed by atoms with Crippen molar-refractivity contribution < 1.29 is 13.7 Å². The minimum atomic E-state index is -0.681. The largest absolute Gasteiger partial charge is 0.493 e. The average molecular weight is 306 g/mol. The number of aromatic nitrogens is 1. The summed E-state index contributed by atoms with van der Waals surface area (Å²) in [5.41, 5.74) is 1.98. The fraction of sp³-hybridized carbons (Fsp3) is 0.400. The maximum atomic E-state index is 11.5. The van der Waals surface area contributed by atoms with Gasteiger partial charge >= 0.3 is 0 Å². The van der Waals surface area contributed by atoms with Gasteiger partial charge in [0.2, 0.25) is 0 Å². The second-order valence-electron chi connectivity index (χ2n) is 4.89. The van der Waals surface area contributed by atoms with Gasteiger partial charge in [-0.3, -0.25) is 9.19 Å². The van der Waals surface area contributed by atoms with E-state index in [4.69, 9.17) is 9.47 Å². The number of hydrogen-bond donors (Lipinski definition) is 0. The molecule has 5 nitrogen and oxygen atoms in total. The first-order valence-corrected chi connectivity index (χ1v) is 8.32. The van der Waals surface area contributed by atoms with Crippen molar-refractivity contribution in [1.29, 1.82) is 0 Å². The second kappa shape index (κ2) is 5.89. The molecular formula is C15H18N2O3S. The van der Waals surface area contributed by atoms with Crippen molar-refractivity contribution in [3.8, 4) is 11.5 Å². The van der Waals surface area contributed by atoms with Gasteiger partial charge in [-0.2, -0.15) is 0 Å². The van der Waals surface area contributed by atoms with E-state index in [1.807, 2.05) is 18.2 Å². The molecule has 3 rings (SSSR count). The normalized spacial score (nSPS) is 16.2. The van der Waals surface area contributed by atoms with E-state index in [1.54, 1.807) is 20.4 Å². The number of pyridine rings is 1. The Morgan fingerprint density at radius 2 is 1.81 bits per heavy atom. The fourth-order valence-corrected chi connectivity index (χ4v) is 3.66. The summed E-state index contributed by atoms with van der Waals surface area (Å²) < 4.78 is 22.2. The Labute approximate surface area is 126 Å². The molecule has 2 aromatic rings. The molecule has 0 unspecified atom stereocenters. The lowest BCUT2D eigenvalue weighted by Gasteiger charge is -2.29. The molecule has 6 heteroatoms. The predicted octanol–water partition coefficient (Wildman–Crippen LogP) is 1.82. The maximum absolute atomic E-state index is 11.5. The third kappa shape index (κ3) is 2.68. The highest BCUT2D eigenvalue weighted by atomic mass is 32.2. The number of ether oxygens (including phenoxy) is 2. The SMILES string of the molecule is COc1cc2nccc(N3CCS(=O)CC3)c2cc1OC. The van der Waals surface area contributed by atoms with Crippen molar-refractivity contribution in [2.45, 2.75) is 0 Å². The first kappa shape index (κ1) is 14.1. The molecule has 1 aliphatic heterocycles. The topological polar surface area (TPSA) is 51.7 Å². The van der Waals surface area contributed by atoms with Gasteiger partial charge in [0.15, 0.2) is 11.5 Å². The van der Waals surface area contributed by atoms with Crippen molar-refractivity contribution in [2.75, 3.05) is 43.7 Å². The van der Waals surface area contributed by atoms with Crippen LogP contribution >= 0.6 is 0 Å². The Bertz CT molecular complexity index is 680. The molecule has 1 aromatic heterocycles. The number of methoxy groups -OCH3 is 2. The smallest absolute Gasteiger partial charge is 0.162 e. The molecule has 0 bridgehead atoms. The minimum absolute atomic E-state index is 0.675. The zero-order valence-electron chi connectivity index (χ0n) is 12.2. The lowest BCUT2D eigenvalue weighted by Crippen LogP contribution is -2.37. The number of nitrogens with zero attached hydrogens (tertiary/aromatic N) is 2. The number of hydrogen-bond acceptors (Lipinski definition) is 5. The molecule has 0 spiro atoms. The van der Waals surface area contributed by atoms with Crippen LogP contribution in [0.2, 0.25) is 0 Å². The Hall–Kier alpha value is -1.82. The molecule has 0 N–H and O–H groups in total. The average Bonchev–Trinajstić information content (AvgIpc) is 2.53. The predicted molar refractivity (Wildman–Crippen MR) is 84.9 cm³/mol. The Balaban J connectivity index is 2.08. The molecule has 0 saturated carbocycles. The molecular weight excluding hydrogens is 288 g/mol. The number of anilines is 1. The summed E-state index contributed by atoms with van der Waals surface area (Å²) in [6.45, 7) is 1.61. The van der Waals surface area contributed by atoms with Crippen molar-refractivity contribution in [2.24, 2.45) is 0 Å². The zero-order valence-corrected chi connectivity index (χ0v) is 13.0. The number of rotatable bonds is 3. The molecule has 21 heavy (non-hydrogen) atoms. The molecule has 1 saturated heterocycles. The number of fused-ring (bicyclic) bond motifs is 1. The van der Waals surface area contributed by atoms with E-state index in [2.05, 4.69) is 9.88 Å². The fourth-order valence-electron chi connectivity index (χ4n) is 2.61. The highest BCUT2D eigenvalue weighted by Crippen LogP contribution is 2.35. The highest BCUT2D eigenvalue weighted by Gasteiger charge is 2.18. The standard InChI is InChI=1S/C15H18N2O3S/c1-19-14-9-11-12(10-15(14)20-2)16-4-3-13(11)17-5-7-21(18)8-6-17/h3-4,9-10H,5-8H2,1-2H3. The molecule has 1 fully saturated rings. The molecule has 1 aromatic carbocycles. The molecule has 0 radical (unpaired) electrons. The van der Waals surface area contributed by atoms with E-state index in [0.29, 0.717) is 11.5 Å². The summed E-state index contributed by atoms with van der Waals surface area (Å²) in [5, 5.41) is 1.03. The van der Waals surface area contributed by atoms with Gasteiger partial charge in [0.25, 0.3) is 0 Å². The van der Waals surface area contributed by atoms with Crippen molar-refractivity contribution in [1.82, 2.24) is 4.98 Å². The van der Waals surface area contributed by atoms with Crippen LogP contribution in [0.4, 0.5) is 5.69 Å². The summed E-state index contributed by atoms with van der Waals surface area (Å²) in [4.78, 5) is 6.67. The molecule has 1 aliphatic rings.